The number of nitrogens with zero attached hydrogens (tertiary/aromatic N) is 5. The Morgan fingerprint density at radius 3 is 2.80 bits per heavy atom. The molecule has 1 aliphatic rings. The second kappa shape index (κ2) is 10.2. The van der Waals surface area contributed by atoms with E-state index in [9.17, 15) is 9.90 Å². The fourth-order valence-electron chi connectivity index (χ4n) is 4.46. The van der Waals surface area contributed by atoms with Gasteiger partial charge in [-0.05, 0) is 55.3 Å². The first-order valence-electron chi connectivity index (χ1n) is 12.4. The van der Waals surface area contributed by atoms with Gasteiger partial charge in [-0.3, -0.25) is 9.88 Å². The third-order valence-corrected chi connectivity index (χ3v) is 7.57. The number of aliphatic hydroxyl groups is 1. The van der Waals surface area contributed by atoms with E-state index >= 15 is 0 Å². The van der Waals surface area contributed by atoms with Crippen molar-refractivity contribution in [3.63, 3.8) is 0 Å². The van der Waals surface area contributed by atoms with E-state index in [1.165, 1.54) is 23.3 Å². The van der Waals surface area contributed by atoms with E-state index in [2.05, 4.69) is 15.0 Å². The van der Waals surface area contributed by atoms with Crippen molar-refractivity contribution >= 4 is 44.4 Å². The molecule has 11 nitrogen and oxygen atoms in total. The zero-order chi connectivity index (χ0) is 28.0. The van der Waals surface area contributed by atoms with E-state index in [1.807, 2.05) is 26.0 Å². The van der Waals surface area contributed by atoms with Crippen molar-refractivity contribution in [3.8, 4) is 28.0 Å². The molecule has 12 heteroatoms. The second-order valence-electron chi connectivity index (χ2n) is 9.26. The molecule has 0 fully saturated rings. The highest BCUT2D eigenvalue weighted by Crippen LogP contribution is 2.46. The van der Waals surface area contributed by atoms with E-state index in [-0.39, 0.29) is 13.2 Å². The Kier molecular flexibility index (Phi) is 6.56. The van der Waals surface area contributed by atoms with E-state index in [0.29, 0.717) is 44.7 Å². The topological polar surface area (TPSA) is 129 Å². The van der Waals surface area contributed by atoms with Gasteiger partial charge in [-0.1, -0.05) is 0 Å². The summed E-state index contributed by atoms with van der Waals surface area (Å²) in [6.07, 6.45) is 1.68. The number of methoxy groups -OCH3 is 1. The zero-order valence-electron chi connectivity index (χ0n) is 22.2. The first-order valence-corrected chi connectivity index (χ1v) is 13.2. The van der Waals surface area contributed by atoms with Crippen LogP contribution in [0.1, 0.15) is 16.8 Å². The lowest BCUT2D eigenvalue weighted by molar-refractivity contribution is -0.0717. The van der Waals surface area contributed by atoms with Gasteiger partial charge in [-0.2, -0.15) is 0 Å². The van der Waals surface area contributed by atoms with Gasteiger partial charge in [-0.25, -0.2) is 19.7 Å². The van der Waals surface area contributed by atoms with Crippen molar-refractivity contribution in [2.24, 2.45) is 0 Å². The number of hydrogen-bond acceptors (Lipinski definition) is 11. The van der Waals surface area contributed by atoms with Gasteiger partial charge in [0, 0.05) is 24.5 Å². The Morgan fingerprint density at radius 1 is 1.18 bits per heavy atom. The number of carbonyl (C=O) groups is 1. The first-order chi connectivity index (χ1) is 19.3. The molecule has 1 atom stereocenters. The Balaban J connectivity index is 1.31. The number of anilines is 1. The van der Waals surface area contributed by atoms with Gasteiger partial charge in [0.25, 0.3) is 6.29 Å². The SMILES string of the molecule is COc1cnc2c(-c3nc4c(C)cc5c(c4s3)OC[C@@H](OC(=O)N(C)c3ccnc(C)c3)O5)cc(CO)cc2n1. The van der Waals surface area contributed by atoms with Crippen LogP contribution in [0, 0.1) is 13.8 Å². The largest absolute Gasteiger partial charge is 0.480 e. The first kappa shape index (κ1) is 25.7. The van der Waals surface area contributed by atoms with Crippen LogP contribution < -0.4 is 19.1 Å². The minimum atomic E-state index is -0.926. The monoisotopic (exact) mass is 559 g/mol. The third-order valence-electron chi connectivity index (χ3n) is 6.48. The predicted molar refractivity (Wildman–Crippen MR) is 149 cm³/mol. The summed E-state index contributed by atoms with van der Waals surface area (Å²) in [5, 5.41) is 10.6. The van der Waals surface area contributed by atoms with Crippen molar-refractivity contribution in [3.05, 3.63) is 59.5 Å². The molecular weight excluding hydrogens is 534 g/mol. The molecule has 2 aromatic carbocycles. The summed E-state index contributed by atoms with van der Waals surface area (Å²) in [6, 6.07) is 8.98. The molecule has 0 unspecified atom stereocenters. The van der Waals surface area contributed by atoms with E-state index in [0.717, 1.165) is 27.0 Å². The normalized spacial score (nSPS) is 14.4. The lowest BCUT2D eigenvalue weighted by Crippen LogP contribution is -2.38. The van der Waals surface area contributed by atoms with Crippen molar-refractivity contribution < 1.29 is 28.8 Å². The van der Waals surface area contributed by atoms with Crippen molar-refractivity contribution in [2.45, 2.75) is 26.7 Å². The number of ether oxygens (including phenoxy) is 4. The standard InChI is InChI=1S/C28H25N5O6S/c1-14-7-20-25(37-13-22(38-20)39-28(35)33(3)17-5-6-29-15(2)8-17)26-23(14)32-27(40-26)18-9-16(12-34)10-19-24(18)30-11-21(31-19)36-4/h5-11,22,34H,12-13H2,1-4H3/t22-/m1/s1. The van der Waals surface area contributed by atoms with Crippen LogP contribution in [-0.4, -0.2) is 58.2 Å². The molecule has 3 aromatic heterocycles. The van der Waals surface area contributed by atoms with Gasteiger partial charge in [0.05, 0.1) is 42.2 Å². The lowest BCUT2D eigenvalue weighted by atomic mass is 10.1. The molecule has 0 spiro atoms. The number of fused-ring (bicyclic) bond motifs is 4. The molecule has 4 heterocycles. The Bertz CT molecular complexity index is 1770. The highest BCUT2D eigenvalue weighted by atomic mass is 32.1. The summed E-state index contributed by atoms with van der Waals surface area (Å²) in [5.74, 6) is 1.38. The maximum atomic E-state index is 12.8. The number of hydrogen-bond donors (Lipinski definition) is 1. The molecular formula is C28H25N5O6S. The summed E-state index contributed by atoms with van der Waals surface area (Å²) >= 11 is 1.42. The quantitative estimate of drug-likeness (QED) is 0.321. The van der Waals surface area contributed by atoms with Gasteiger partial charge in [0.2, 0.25) is 5.88 Å². The molecule has 0 saturated heterocycles. The molecule has 40 heavy (non-hydrogen) atoms. The minimum absolute atomic E-state index is 0.0154. The fraction of sp³-hybridized carbons (Fsp3) is 0.250. The molecule has 0 aliphatic carbocycles. The Labute approximate surface area is 233 Å². The number of aliphatic hydroxyl groups excluding tert-OH is 1. The number of benzene rings is 2. The second-order valence-corrected chi connectivity index (χ2v) is 10.3. The summed E-state index contributed by atoms with van der Waals surface area (Å²) in [5.41, 5.74) is 5.72. The van der Waals surface area contributed by atoms with Gasteiger partial charge in [0.15, 0.2) is 18.1 Å². The van der Waals surface area contributed by atoms with Crippen LogP contribution >= 0.6 is 11.3 Å². The Morgan fingerprint density at radius 2 is 2.02 bits per heavy atom. The molecule has 0 radical (unpaired) electrons. The van der Waals surface area contributed by atoms with Gasteiger partial charge < -0.3 is 24.1 Å². The van der Waals surface area contributed by atoms with Crippen LogP contribution in [0.2, 0.25) is 0 Å². The van der Waals surface area contributed by atoms with Crippen molar-refractivity contribution in [1.82, 2.24) is 19.9 Å². The number of pyridine rings is 1. The number of rotatable bonds is 5. The Hall–Kier alpha value is -4.55. The average molecular weight is 560 g/mol. The fourth-order valence-corrected chi connectivity index (χ4v) is 5.61. The zero-order valence-corrected chi connectivity index (χ0v) is 23.0. The molecule has 0 saturated carbocycles. The highest BCUT2D eigenvalue weighted by molar-refractivity contribution is 7.22. The van der Waals surface area contributed by atoms with Crippen molar-refractivity contribution in [1.29, 1.82) is 0 Å². The molecule has 204 valence electrons. The highest BCUT2D eigenvalue weighted by Gasteiger charge is 2.30. The van der Waals surface area contributed by atoms with Crippen LogP contribution in [0.25, 0.3) is 31.8 Å². The van der Waals surface area contributed by atoms with Gasteiger partial charge in [0.1, 0.15) is 9.71 Å². The minimum Gasteiger partial charge on any atom is -0.480 e. The van der Waals surface area contributed by atoms with Crippen LogP contribution in [-0.2, 0) is 11.3 Å². The average Bonchev–Trinajstić information content (AvgIpc) is 3.42. The molecule has 0 bridgehead atoms. The summed E-state index contributed by atoms with van der Waals surface area (Å²) < 4.78 is 23.7. The predicted octanol–water partition coefficient (Wildman–Crippen LogP) is 4.79. The molecule has 1 N–H and O–H groups in total. The molecule has 1 amide bonds. The number of aromatic nitrogens is 4. The lowest BCUT2D eigenvalue weighted by Gasteiger charge is -2.28. The number of carbonyl (C=O) groups excluding carboxylic acids is 1. The number of thiazole rings is 1. The smallest absolute Gasteiger partial charge is 0.417 e. The summed E-state index contributed by atoms with van der Waals surface area (Å²) in [7, 11) is 3.15. The molecule has 1 aliphatic heterocycles. The van der Waals surface area contributed by atoms with E-state index < -0.39 is 12.4 Å². The van der Waals surface area contributed by atoms with E-state index in [1.54, 1.807) is 37.6 Å². The van der Waals surface area contributed by atoms with Crippen LogP contribution in [0.5, 0.6) is 17.4 Å². The maximum absolute atomic E-state index is 12.8. The summed E-state index contributed by atoms with van der Waals surface area (Å²) in [6.45, 7) is 3.63. The molecule has 5 aromatic rings. The molecule has 6 rings (SSSR count). The van der Waals surface area contributed by atoms with Crippen LogP contribution in [0.15, 0.2) is 42.7 Å². The van der Waals surface area contributed by atoms with E-state index in [4.69, 9.17) is 23.9 Å². The van der Waals surface area contributed by atoms with Crippen LogP contribution in [0.3, 0.4) is 0 Å². The third kappa shape index (κ3) is 4.61. The number of aryl methyl sites for hydroxylation is 2. The van der Waals surface area contributed by atoms with Crippen LogP contribution in [0.4, 0.5) is 10.5 Å². The van der Waals surface area contributed by atoms with Gasteiger partial charge in [-0.15, -0.1) is 11.3 Å². The van der Waals surface area contributed by atoms with Crippen molar-refractivity contribution in [2.75, 3.05) is 25.7 Å². The number of amides is 1. The maximum Gasteiger partial charge on any atom is 0.417 e. The summed E-state index contributed by atoms with van der Waals surface area (Å²) in [4.78, 5) is 32.3. The van der Waals surface area contributed by atoms with Gasteiger partial charge >= 0.3 is 6.09 Å².